The van der Waals surface area contributed by atoms with E-state index in [1.807, 2.05) is 12.2 Å². The van der Waals surface area contributed by atoms with Crippen LogP contribution < -0.4 is 5.32 Å². The summed E-state index contributed by atoms with van der Waals surface area (Å²) in [5.74, 6) is -0.322. The van der Waals surface area contributed by atoms with Gasteiger partial charge in [0.2, 0.25) is 5.91 Å². The van der Waals surface area contributed by atoms with E-state index in [0.29, 0.717) is 19.3 Å². The van der Waals surface area contributed by atoms with E-state index in [-0.39, 0.29) is 18.9 Å². The van der Waals surface area contributed by atoms with Crippen LogP contribution in [0.25, 0.3) is 0 Å². The molecule has 19 heteroatoms. The molecule has 19 nitrogen and oxygen atoms in total. The van der Waals surface area contributed by atoms with Crippen molar-refractivity contribution >= 4 is 5.91 Å². The molecule has 3 heterocycles. The van der Waals surface area contributed by atoms with Gasteiger partial charge in [0.25, 0.3) is 0 Å². The summed E-state index contributed by atoms with van der Waals surface area (Å²) < 4.78 is 34.3. The maximum Gasteiger partial charge on any atom is 0.220 e. The van der Waals surface area contributed by atoms with Crippen LogP contribution in [0, 0.1) is 0 Å². The van der Waals surface area contributed by atoms with E-state index < -0.39 is 124 Å². The Balaban J connectivity index is 1.44. The number of aliphatic hydroxyl groups is 11. The molecule has 0 bridgehead atoms. The first-order chi connectivity index (χ1) is 40.3. The fraction of sp³-hybridized carbons (Fsp3) is 0.859. The normalized spacial score (nSPS) is 29.7. The molecule has 1 amide bonds. The molecule has 0 aromatic rings. The summed E-state index contributed by atoms with van der Waals surface area (Å²) >= 11 is 0. The highest BCUT2D eigenvalue weighted by Gasteiger charge is 2.53. The number of hydrogen-bond donors (Lipinski definition) is 12. The molecule has 3 saturated heterocycles. The topological polar surface area (TPSA) is 307 Å². The molecule has 0 aliphatic carbocycles. The monoisotopic (exact) mass is 1190 g/mol. The second-order valence-electron chi connectivity index (χ2n) is 23.2. The lowest BCUT2D eigenvalue weighted by atomic mass is 9.96. The number of unbranched alkanes of at least 4 members (excludes halogenated alkanes) is 24. The van der Waals surface area contributed by atoms with Crippen molar-refractivity contribution < 1.29 is 89.4 Å². The third-order valence-electron chi connectivity index (χ3n) is 16.2. The number of rotatable bonds is 48. The molecule has 0 aromatic carbocycles. The van der Waals surface area contributed by atoms with Crippen molar-refractivity contribution in [2.45, 2.75) is 324 Å². The molecule has 17 unspecified atom stereocenters. The molecule has 3 aliphatic heterocycles. The SMILES string of the molecule is CC/C=C\C/C=C\C/C=C\C/C=C\CCC(=O)NC(COC1OC(CO)C(OC2OC(CO)C(OC3OC(CO)C(O)C(O)C3O)C(O)C2O)C(O)C1O)C(O)CCCCCCCCCCCCCCCCCCCCCCCCCCC. The van der Waals surface area contributed by atoms with E-state index in [9.17, 15) is 61.0 Å². The zero-order valence-electron chi connectivity index (χ0n) is 50.7. The Morgan fingerprint density at radius 3 is 1.23 bits per heavy atom. The standard InChI is InChI=1S/C64H115NO18/c1-3-5-7-9-11-13-15-17-18-19-20-21-22-23-24-25-26-27-28-30-31-33-35-37-39-41-48(69)47(65-52(70)42-40-38-36-34-32-29-16-14-12-10-8-6-4-2)46-78-62-58(76)55(73)60(50(44-67)80-62)83-64-59(77)56(74)61(51(45-68)81-64)82-63-57(75)54(72)53(71)49(43-66)79-63/h6,8,12,14,29,32,36,38,47-51,53-64,66-69,71-77H,3-5,7,9-11,13,15-28,30-31,33-35,37,39-46H2,1-2H3,(H,65,70)/b8-6-,14-12-,32-29-,38-36-. The quantitative estimate of drug-likeness (QED) is 0.0215. The lowest BCUT2D eigenvalue weighted by Crippen LogP contribution is -2.66. The summed E-state index contributed by atoms with van der Waals surface area (Å²) in [7, 11) is 0. The van der Waals surface area contributed by atoms with E-state index in [1.54, 1.807) is 0 Å². The Hall–Kier alpha value is -2.25. The van der Waals surface area contributed by atoms with Crippen molar-refractivity contribution in [3.8, 4) is 0 Å². The Bertz CT molecular complexity index is 1700. The van der Waals surface area contributed by atoms with Crippen molar-refractivity contribution in [2.75, 3.05) is 26.4 Å². The highest BCUT2D eigenvalue weighted by Crippen LogP contribution is 2.33. The smallest absolute Gasteiger partial charge is 0.220 e. The van der Waals surface area contributed by atoms with Gasteiger partial charge in [-0.2, -0.15) is 0 Å². The Kier molecular flexibility index (Phi) is 42.3. The Morgan fingerprint density at radius 2 is 0.807 bits per heavy atom. The van der Waals surface area contributed by atoms with Crippen molar-refractivity contribution in [3.63, 3.8) is 0 Å². The van der Waals surface area contributed by atoms with Crippen LogP contribution in [0.5, 0.6) is 0 Å². The molecule has 0 spiro atoms. The van der Waals surface area contributed by atoms with Gasteiger partial charge in [-0.1, -0.05) is 223 Å². The van der Waals surface area contributed by atoms with Crippen LogP contribution in [0.3, 0.4) is 0 Å². The first-order valence-electron chi connectivity index (χ1n) is 32.4. The van der Waals surface area contributed by atoms with E-state index in [2.05, 4.69) is 55.6 Å². The predicted molar refractivity (Wildman–Crippen MR) is 319 cm³/mol. The van der Waals surface area contributed by atoms with E-state index in [0.717, 1.165) is 44.9 Å². The molecular formula is C64H115NO18. The maximum absolute atomic E-state index is 13.3. The summed E-state index contributed by atoms with van der Waals surface area (Å²) in [5.41, 5.74) is 0. The van der Waals surface area contributed by atoms with Crippen LogP contribution in [0.15, 0.2) is 48.6 Å². The number of aliphatic hydroxyl groups excluding tert-OH is 11. The average Bonchev–Trinajstić information content (AvgIpc) is 3.33. The number of carbonyl (C=O) groups excluding carboxylic acids is 1. The Morgan fingerprint density at radius 1 is 0.446 bits per heavy atom. The van der Waals surface area contributed by atoms with E-state index >= 15 is 0 Å². The second-order valence-corrected chi connectivity index (χ2v) is 23.2. The van der Waals surface area contributed by atoms with Gasteiger partial charge in [-0.05, 0) is 38.5 Å². The third kappa shape index (κ3) is 30.0. The lowest BCUT2D eigenvalue weighted by molar-refractivity contribution is -0.379. The number of nitrogens with one attached hydrogen (secondary N) is 1. The molecule has 3 rings (SSSR count). The summed E-state index contributed by atoms with van der Waals surface area (Å²) in [6.07, 6.45) is 26.6. The van der Waals surface area contributed by atoms with Crippen LogP contribution >= 0.6 is 0 Å². The lowest BCUT2D eigenvalue weighted by Gasteiger charge is -2.48. The highest BCUT2D eigenvalue weighted by molar-refractivity contribution is 5.76. The van der Waals surface area contributed by atoms with Crippen molar-refractivity contribution in [1.29, 1.82) is 0 Å². The van der Waals surface area contributed by atoms with Gasteiger partial charge in [0.1, 0.15) is 73.2 Å². The van der Waals surface area contributed by atoms with Crippen LogP contribution in [-0.2, 0) is 33.2 Å². The number of carbonyl (C=O) groups is 1. The first-order valence-corrected chi connectivity index (χ1v) is 32.4. The minimum atomic E-state index is -1.98. The minimum Gasteiger partial charge on any atom is -0.394 e. The zero-order valence-corrected chi connectivity index (χ0v) is 50.7. The largest absolute Gasteiger partial charge is 0.394 e. The second kappa shape index (κ2) is 46.8. The Labute approximate surface area is 497 Å². The van der Waals surface area contributed by atoms with Crippen molar-refractivity contribution in [1.82, 2.24) is 5.32 Å². The molecule has 3 aliphatic rings. The van der Waals surface area contributed by atoms with Crippen LogP contribution in [0.4, 0.5) is 0 Å². The minimum absolute atomic E-state index is 0.144. The van der Waals surface area contributed by atoms with Gasteiger partial charge in [0.05, 0.1) is 38.6 Å². The molecule has 12 N–H and O–H groups in total. The van der Waals surface area contributed by atoms with Gasteiger partial charge in [-0.3, -0.25) is 4.79 Å². The fourth-order valence-corrected chi connectivity index (χ4v) is 10.9. The molecule has 17 atom stereocenters. The van der Waals surface area contributed by atoms with Gasteiger partial charge in [0, 0.05) is 6.42 Å². The number of ether oxygens (including phenoxy) is 6. The summed E-state index contributed by atoms with van der Waals surface area (Å²) in [5, 5.41) is 120. The number of amides is 1. The molecule has 3 fully saturated rings. The fourth-order valence-electron chi connectivity index (χ4n) is 10.9. The molecule has 0 saturated carbocycles. The zero-order chi connectivity index (χ0) is 60.5. The van der Waals surface area contributed by atoms with Crippen LogP contribution in [0.2, 0.25) is 0 Å². The van der Waals surface area contributed by atoms with Gasteiger partial charge < -0.3 is 89.9 Å². The van der Waals surface area contributed by atoms with E-state index in [1.165, 1.54) is 135 Å². The van der Waals surface area contributed by atoms with E-state index in [4.69, 9.17) is 28.4 Å². The molecular weight excluding hydrogens is 1070 g/mol. The van der Waals surface area contributed by atoms with Gasteiger partial charge in [0.15, 0.2) is 18.9 Å². The number of allylic oxidation sites excluding steroid dienone is 8. The first kappa shape index (κ1) is 75.0. The van der Waals surface area contributed by atoms with Gasteiger partial charge in [-0.15, -0.1) is 0 Å². The average molecular weight is 1190 g/mol. The van der Waals surface area contributed by atoms with Crippen LogP contribution in [0.1, 0.15) is 219 Å². The summed E-state index contributed by atoms with van der Waals surface area (Å²) in [6, 6.07) is -0.926. The summed E-state index contributed by atoms with van der Waals surface area (Å²) in [6.45, 7) is 1.63. The van der Waals surface area contributed by atoms with Gasteiger partial charge >= 0.3 is 0 Å². The molecule has 484 valence electrons. The molecule has 0 radical (unpaired) electrons. The van der Waals surface area contributed by atoms with Crippen molar-refractivity contribution in [2.24, 2.45) is 0 Å². The maximum atomic E-state index is 13.3. The predicted octanol–water partition coefficient (Wildman–Crippen LogP) is 7.04. The van der Waals surface area contributed by atoms with Crippen LogP contribution in [-0.4, -0.2) is 193 Å². The van der Waals surface area contributed by atoms with Crippen molar-refractivity contribution in [3.05, 3.63) is 48.6 Å². The summed E-state index contributed by atoms with van der Waals surface area (Å²) in [4.78, 5) is 13.3. The number of hydrogen-bond acceptors (Lipinski definition) is 18. The van der Waals surface area contributed by atoms with Gasteiger partial charge in [-0.25, -0.2) is 0 Å². The molecule has 0 aromatic heterocycles. The molecule has 83 heavy (non-hydrogen) atoms. The highest BCUT2D eigenvalue weighted by atomic mass is 16.8. The third-order valence-corrected chi connectivity index (χ3v) is 16.2.